The Morgan fingerprint density at radius 3 is 3.05 bits per heavy atom. The number of anilines is 1. The fourth-order valence-electron chi connectivity index (χ4n) is 2.40. The molecule has 0 atom stereocenters. The zero-order valence-electron chi connectivity index (χ0n) is 10.7. The summed E-state index contributed by atoms with van der Waals surface area (Å²) in [5, 5.41) is 17.5. The Labute approximate surface area is 111 Å². The van der Waals surface area contributed by atoms with Crippen molar-refractivity contribution in [2.24, 2.45) is 0 Å². The minimum absolute atomic E-state index is 0.603. The van der Waals surface area contributed by atoms with Crippen LogP contribution in [0.25, 0.3) is 0 Å². The highest BCUT2D eigenvalue weighted by molar-refractivity contribution is 5.53. The molecule has 6 heteroatoms. The lowest BCUT2D eigenvalue weighted by atomic mass is 10.2. The summed E-state index contributed by atoms with van der Waals surface area (Å²) in [7, 11) is 0. The van der Waals surface area contributed by atoms with E-state index in [1.165, 1.54) is 0 Å². The molecule has 6 nitrogen and oxygen atoms in total. The van der Waals surface area contributed by atoms with Gasteiger partial charge in [-0.3, -0.25) is 0 Å². The number of rotatable bonds is 2. The average Bonchev–Trinajstić information content (AvgIpc) is 2.89. The van der Waals surface area contributed by atoms with Crippen LogP contribution in [0.3, 0.4) is 0 Å². The summed E-state index contributed by atoms with van der Waals surface area (Å²) in [4.78, 5) is 6.40. The molecule has 0 saturated carbocycles. The zero-order valence-corrected chi connectivity index (χ0v) is 10.7. The standard InChI is InChI=1S/C13H14N6/c1-2-11-16-17-12-9-18(6-7-19(11)12)13-10(8-14)4-3-5-15-13/h3-5H,2,6-7,9H2,1H3. The molecule has 3 heterocycles. The first-order valence-electron chi connectivity index (χ1n) is 6.34. The van der Waals surface area contributed by atoms with E-state index in [-0.39, 0.29) is 0 Å². The van der Waals surface area contributed by atoms with E-state index < -0.39 is 0 Å². The lowest BCUT2D eigenvalue weighted by Crippen LogP contribution is -2.35. The van der Waals surface area contributed by atoms with Crippen molar-refractivity contribution >= 4 is 5.82 Å². The van der Waals surface area contributed by atoms with Crippen molar-refractivity contribution < 1.29 is 0 Å². The third-order valence-corrected chi connectivity index (χ3v) is 3.35. The Kier molecular flexibility index (Phi) is 2.88. The van der Waals surface area contributed by atoms with Crippen LogP contribution in [0.1, 0.15) is 24.1 Å². The number of aromatic nitrogens is 4. The third kappa shape index (κ3) is 1.93. The summed E-state index contributed by atoms with van der Waals surface area (Å²) >= 11 is 0. The molecule has 2 aromatic rings. The second kappa shape index (κ2) is 4.69. The van der Waals surface area contributed by atoms with E-state index in [9.17, 15) is 0 Å². The number of nitrogens with zero attached hydrogens (tertiary/aromatic N) is 6. The molecule has 0 aliphatic carbocycles. The number of nitriles is 1. The molecule has 1 aliphatic rings. The van der Waals surface area contributed by atoms with E-state index in [0.717, 1.165) is 37.0 Å². The minimum atomic E-state index is 0.603. The predicted molar refractivity (Wildman–Crippen MR) is 69.4 cm³/mol. The molecule has 0 fully saturated rings. The molecule has 96 valence electrons. The second-order valence-corrected chi connectivity index (χ2v) is 4.45. The maximum atomic E-state index is 9.14. The van der Waals surface area contributed by atoms with Gasteiger partial charge in [-0.1, -0.05) is 6.92 Å². The second-order valence-electron chi connectivity index (χ2n) is 4.45. The fourth-order valence-corrected chi connectivity index (χ4v) is 2.40. The molecule has 0 amide bonds. The lowest BCUT2D eigenvalue weighted by Gasteiger charge is -2.29. The van der Waals surface area contributed by atoms with Crippen molar-refractivity contribution in [3.05, 3.63) is 35.5 Å². The van der Waals surface area contributed by atoms with Crippen molar-refractivity contribution in [2.75, 3.05) is 11.4 Å². The Bertz CT molecular complexity index is 639. The molecule has 0 spiro atoms. The Morgan fingerprint density at radius 1 is 1.37 bits per heavy atom. The Morgan fingerprint density at radius 2 is 2.26 bits per heavy atom. The highest BCUT2D eigenvalue weighted by Gasteiger charge is 2.22. The van der Waals surface area contributed by atoms with Crippen LogP contribution in [0, 0.1) is 11.3 Å². The van der Waals surface area contributed by atoms with Crippen molar-refractivity contribution in [1.82, 2.24) is 19.7 Å². The van der Waals surface area contributed by atoms with Gasteiger partial charge in [-0.05, 0) is 12.1 Å². The summed E-state index contributed by atoms with van der Waals surface area (Å²) in [6.07, 6.45) is 2.60. The van der Waals surface area contributed by atoms with Crippen LogP contribution in [0.4, 0.5) is 5.82 Å². The van der Waals surface area contributed by atoms with Gasteiger partial charge >= 0.3 is 0 Å². The highest BCUT2D eigenvalue weighted by atomic mass is 15.3. The van der Waals surface area contributed by atoms with Crippen LogP contribution in [0.5, 0.6) is 0 Å². The topological polar surface area (TPSA) is 70.6 Å². The van der Waals surface area contributed by atoms with Gasteiger partial charge in [0.1, 0.15) is 17.7 Å². The van der Waals surface area contributed by atoms with Crippen LogP contribution in [-0.4, -0.2) is 26.3 Å². The number of hydrogen-bond acceptors (Lipinski definition) is 5. The van der Waals surface area contributed by atoms with Crippen LogP contribution < -0.4 is 4.90 Å². The van der Waals surface area contributed by atoms with E-state index in [4.69, 9.17) is 5.26 Å². The Hall–Kier alpha value is -2.42. The van der Waals surface area contributed by atoms with Gasteiger partial charge in [0.05, 0.1) is 12.1 Å². The molecule has 0 unspecified atom stereocenters. The molecular formula is C13H14N6. The summed E-state index contributed by atoms with van der Waals surface area (Å²) in [6.45, 7) is 4.39. The normalized spacial score (nSPS) is 14.0. The molecule has 0 bridgehead atoms. The quantitative estimate of drug-likeness (QED) is 0.803. The molecule has 0 saturated heterocycles. The zero-order chi connectivity index (χ0) is 13.2. The van der Waals surface area contributed by atoms with Crippen molar-refractivity contribution in [2.45, 2.75) is 26.4 Å². The smallest absolute Gasteiger partial charge is 0.152 e. The van der Waals surface area contributed by atoms with E-state index in [0.29, 0.717) is 12.1 Å². The predicted octanol–water partition coefficient (Wildman–Crippen LogP) is 1.13. The number of fused-ring (bicyclic) bond motifs is 1. The molecule has 0 radical (unpaired) electrons. The molecule has 0 N–H and O–H groups in total. The molecule has 0 aromatic carbocycles. The van der Waals surface area contributed by atoms with Crippen molar-refractivity contribution in [3.63, 3.8) is 0 Å². The monoisotopic (exact) mass is 254 g/mol. The largest absolute Gasteiger partial charge is 0.346 e. The minimum Gasteiger partial charge on any atom is -0.346 e. The lowest BCUT2D eigenvalue weighted by molar-refractivity contribution is 0.541. The fraction of sp³-hybridized carbons (Fsp3) is 0.385. The summed E-state index contributed by atoms with van der Waals surface area (Å²) in [5.41, 5.74) is 0.603. The molecular weight excluding hydrogens is 240 g/mol. The number of pyridine rings is 1. The van der Waals surface area contributed by atoms with Gasteiger partial charge in [0.15, 0.2) is 5.82 Å². The van der Waals surface area contributed by atoms with Gasteiger partial charge in [-0.2, -0.15) is 5.26 Å². The van der Waals surface area contributed by atoms with E-state index >= 15 is 0 Å². The summed E-state index contributed by atoms with van der Waals surface area (Å²) in [5.74, 6) is 2.70. The van der Waals surface area contributed by atoms with E-state index in [1.807, 2.05) is 0 Å². The molecule has 1 aliphatic heterocycles. The molecule has 2 aromatic heterocycles. The summed E-state index contributed by atoms with van der Waals surface area (Å²) < 4.78 is 2.16. The maximum absolute atomic E-state index is 9.14. The van der Waals surface area contributed by atoms with Crippen LogP contribution in [0.2, 0.25) is 0 Å². The molecule has 19 heavy (non-hydrogen) atoms. The summed E-state index contributed by atoms with van der Waals surface area (Å²) in [6, 6.07) is 5.76. The molecule has 3 rings (SSSR count). The van der Waals surface area contributed by atoms with Gasteiger partial charge < -0.3 is 9.47 Å². The first kappa shape index (κ1) is 11.7. The Balaban J connectivity index is 1.92. The van der Waals surface area contributed by atoms with Gasteiger partial charge in [-0.25, -0.2) is 4.98 Å². The van der Waals surface area contributed by atoms with Gasteiger partial charge in [0, 0.05) is 25.7 Å². The SMILES string of the molecule is CCc1nnc2n1CCN(c1ncccc1C#N)C2. The van der Waals surface area contributed by atoms with Gasteiger partial charge in [0.25, 0.3) is 0 Å². The number of aryl methyl sites for hydroxylation is 1. The third-order valence-electron chi connectivity index (χ3n) is 3.35. The first-order chi connectivity index (χ1) is 9.33. The van der Waals surface area contributed by atoms with Crippen LogP contribution in [0.15, 0.2) is 18.3 Å². The van der Waals surface area contributed by atoms with Gasteiger partial charge in [0.2, 0.25) is 0 Å². The average molecular weight is 254 g/mol. The van der Waals surface area contributed by atoms with Crippen LogP contribution in [-0.2, 0) is 19.5 Å². The van der Waals surface area contributed by atoms with E-state index in [2.05, 4.69) is 37.6 Å². The first-order valence-corrected chi connectivity index (χ1v) is 6.34. The number of hydrogen-bond donors (Lipinski definition) is 0. The highest BCUT2D eigenvalue weighted by Crippen LogP contribution is 2.21. The van der Waals surface area contributed by atoms with E-state index in [1.54, 1.807) is 18.3 Å². The van der Waals surface area contributed by atoms with Gasteiger partial charge in [-0.15, -0.1) is 10.2 Å². The van der Waals surface area contributed by atoms with Crippen molar-refractivity contribution in [3.8, 4) is 6.07 Å². The maximum Gasteiger partial charge on any atom is 0.152 e. The van der Waals surface area contributed by atoms with Crippen molar-refractivity contribution in [1.29, 1.82) is 5.26 Å². The van der Waals surface area contributed by atoms with Crippen LogP contribution >= 0.6 is 0 Å².